The second-order valence-electron chi connectivity index (χ2n) is 9.91. The van der Waals surface area contributed by atoms with Crippen molar-refractivity contribution in [3.05, 3.63) is 71.2 Å². The van der Waals surface area contributed by atoms with Crippen LogP contribution in [0.1, 0.15) is 72.2 Å². The van der Waals surface area contributed by atoms with Crippen molar-refractivity contribution in [2.45, 2.75) is 56.5 Å². The molecule has 9 nitrogen and oxygen atoms in total. The van der Waals surface area contributed by atoms with Gasteiger partial charge in [-0.25, -0.2) is 13.3 Å². The molecule has 1 atom stereocenters. The van der Waals surface area contributed by atoms with E-state index in [0.29, 0.717) is 29.9 Å². The van der Waals surface area contributed by atoms with Gasteiger partial charge in [-0.3, -0.25) is 4.79 Å². The third kappa shape index (κ3) is 4.42. The Balaban J connectivity index is 1.27. The van der Waals surface area contributed by atoms with Crippen LogP contribution in [0.5, 0.6) is 0 Å². The van der Waals surface area contributed by atoms with Gasteiger partial charge in [0.2, 0.25) is 0 Å². The fourth-order valence-electron chi connectivity index (χ4n) is 5.73. The Hall–Kier alpha value is -3.89. The summed E-state index contributed by atoms with van der Waals surface area (Å²) < 4.78 is 30.4. The van der Waals surface area contributed by atoms with Crippen molar-refractivity contribution in [3.8, 4) is 0 Å². The highest BCUT2D eigenvalue weighted by Crippen LogP contribution is 2.39. The van der Waals surface area contributed by atoms with Gasteiger partial charge in [-0.2, -0.15) is 4.80 Å². The van der Waals surface area contributed by atoms with Gasteiger partial charge in [0.15, 0.2) is 11.6 Å². The van der Waals surface area contributed by atoms with E-state index in [1.807, 2.05) is 23.1 Å². The van der Waals surface area contributed by atoms with Crippen LogP contribution in [0, 0.1) is 11.6 Å². The Labute approximate surface area is 212 Å². The zero-order valence-electron chi connectivity index (χ0n) is 20.5. The van der Waals surface area contributed by atoms with Crippen molar-refractivity contribution in [1.82, 2.24) is 35.1 Å². The first-order valence-electron chi connectivity index (χ1n) is 12.7. The van der Waals surface area contributed by atoms with Gasteiger partial charge in [0.1, 0.15) is 17.2 Å². The molecule has 0 spiro atoms. The van der Waals surface area contributed by atoms with E-state index in [-0.39, 0.29) is 23.4 Å². The third-order valence-corrected chi connectivity index (χ3v) is 7.54. The van der Waals surface area contributed by atoms with Crippen molar-refractivity contribution in [2.75, 3.05) is 11.4 Å². The molecule has 1 aliphatic heterocycles. The third-order valence-electron chi connectivity index (χ3n) is 7.54. The SMILES string of the molecule is Cn1nnc(C2CCC(NC(=O)c3c(N4CCC[C@@H]4c4cc(F)ccc4F)nn4ccccc34)CC2)n1. The maximum absolute atomic E-state index is 14.7. The molecule has 4 aromatic rings. The number of hydrogen-bond acceptors (Lipinski definition) is 6. The predicted molar refractivity (Wildman–Crippen MR) is 132 cm³/mol. The number of aryl methyl sites for hydroxylation is 1. The molecule has 0 radical (unpaired) electrons. The second kappa shape index (κ2) is 9.53. The van der Waals surface area contributed by atoms with Gasteiger partial charge >= 0.3 is 0 Å². The highest BCUT2D eigenvalue weighted by molar-refractivity contribution is 6.06. The number of fused-ring (bicyclic) bond motifs is 1. The smallest absolute Gasteiger partial charge is 0.257 e. The molecule has 1 amide bonds. The van der Waals surface area contributed by atoms with Gasteiger partial charge in [0.25, 0.3) is 5.91 Å². The number of anilines is 1. The lowest BCUT2D eigenvalue weighted by molar-refractivity contribution is 0.0927. The van der Waals surface area contributed by atoms with Crippen molar-refractivity contribution >= 4 is 17.2 Å². The molecule has 2 fully saturated rings. The fraction of sp³-hybridized carbons (Fsp3) is 0.423. The van der Waals surface area contributed by atoms with Crippen LogP contribution in [-0.2, 0) is 7.05 Å². The maximum Gasteiger partial charge on any atom is 0.257 e. The molecule has 1 aromatic carbocycles. The quantitative estimate of drug-likeness (QED) is 0.441. The molecule has 2 aliphatic rings. The molecule has 37 heavy (non-hydrogen) atoms. The summed E-state index contributed by atoms with van der Waals surface area (Å²) in [7, 11) is 1.75. The largest absolute Gasteiger partial charge is 0.349 e. The van der Waals surface area contributed by atoms with Crippen molar-refractivity contribution in [1.29, 1.82) is 0 Å². The van der Waals surface area contributed by atoms with Crippen LogP contribution in [0.15, 0.2) is 42.6 Å². The molecule has 1 saturated heterocycles. The molecular weight excluding hydrogens is 478 g/mol. The van der Waals surface area contributed by atoms with Crippen LogP contribution in [0.4, 0.5) is 14.6 Å². The van der Waals surface area contributed by atoms with E-state index in [9.17, 15) is 13.6 Å². The Morgan fingerprint density at radius 2 is 1.89 bits per heavy atom. The van der Waals surface area contributed by atoms with E-state index in [4.69, 9.17) is 5.10 Å². The molecule has 6 rings (SSSR count). The number of amides is 1. The topological polar surface area (TPSA) is 93.2 Å². The summed E-state index contributed by atoms with van der Waals surface area (Å²) in [5.74, 6) is 0.337. The van der Waals surface area contributed by atoms with Crippen molar-refractivity contribution < 1.29 is 13.6 Å². The Morgan fingerprint density at radius 3 is 2.68 bits per heavy atom. The minimum atomic E-state index is -0.483. The minimum Gasteiger partial charge on any atom is -0.349 e. The molecule has 0 unspecified atom stereocenters. The van der Waals surface area contributed by atoms with Gasteiger partial charge in [-0.15, -0.1) is 15.3 Å². The normalized spacial score (nSPS) is 22.0. The van der Waals surface area contributed by atoms with Crippen LogP contribution >= 0.6 is 0 Å². The average molecular weight is 507 g/mol. The lowest BCUT2D eigenvalue weighted by atomic mass is 9.85. The Kier molecular flexibility index (Phi) is 6.05. The van der Waals surface area contributed by atoms with Gasteiger partial charge in [0.05, 0.1) is 18.6 Å². The number of nitrogens with zero attached hydrogens (tertiary/aromatic N) is 7. The molecule has 11 heteroatoms. The number of carbonyl (C=O) groups excluding carboxylic acids is 1. The van der Waals surface area contributed by atoms with E-state index >= 15 is 0 Å². The average Bonchev–Trinajstić information content (AvgIpc) is 3.63. The van der Waals surface area contributed by atoms with E-state index < -0.39 is 17.7 Å². The molecule has 4 heterocycles. The fourth-order valence-corrected chi connectivity index (χ4v) is 5.73. The summed E-state index contributed by atoms with van der Waals surface area (Å²) in [6.07, 6.45) is 6.58. The van der Waals surface area contributed by atoms with E-state index in [1.54, 1.807) is 17.8 Å². The standard InChI is InChI=1S/C26H28F2N8O/c1-34-31-24(30-33-34)16-7-10-18(11-8-16)29-26(37)23-22-5-2-3-14-36(22)32-25(23)35-13-4-6-21(35)19-15-17(27)9-12-20(19)28/h2-3,5,9,12,14-16,18,21H,4,6-8,10-11,13H2,1H3,(H,29,37)/t16?,18?,21-/m1/s1. The molecule has 1 aliphatic carbocycles. The number of rotatable bonds is 5. The highest BCUT2D eigenvalue weighted by Gasteiger charge is 2.35. The molecule has 3 aromatic heterocycles. The number of hydrogen-bond donors (Lipinski definition) is 1. The lowest BCUT2D eigenvalue weighted by Crippen LogP contribution is -2.38. The van der Waals surface area contributed by atoms with Crippen molar-refractivity contribution in [2.24, 2.45) is 7.05 Å². The van der Waals surface area contributed by atoms with Crippen LogP contribution < -0.4 is 10.2 Å². The Bertz CT molecular complexity index is 1440. The minimum absolute atomic E-state index is 0.0157. The predicted octanol–water partition coefficient (Wildman–Crippen LogP) is 3.93. The summed E-state index contributed by atoms with van der Waals surface area (Å²) in [6.45, 7) is 0.598. The second-order valence-corrected chi connectivity index (χ2v) is 9.91. The molecule has 1 saturated carbocycles. The first-order valence-corrected chi connectivity index (χ1v) is 12.7. The van der Waals surface area contributed by atoms with E-state index in [0.717, 1.165) is 50.1 Å². The monoisotopic (exact) mass is 506 g/mol. The zero-order chi connectivity index (χ0) is 25.5. The summed E-state index contributed by atoms with van der Waals surface area (Å²) >= 11 is 0. The number of benzene rings is 1. The summed E-state index contributed by atoms with van der Waals surface area (Å²) in [5, 5.41) is 20.4. The maximum atomic E-state index is 14.7. The van der Waals surface area contributed by atoms with Gasteiger partial charge < -0.3 is 10.2 Å². The van der Waals surface area contributed by atoms with Crippen molar-refractivity contribution in [3.63, 3.8) is 0 Å². The van der Waals surface area contributed by atoms with Gasteiger partial charge in [0, 0.05) is 30.3 Å². The van der Waals surface area contributed by atoms with Gasteiger partial charge in [-0.1, -0.05) is 6.07 Å². The molecular formula is C26H28F2N8O. The summed E-state index contributed by atoms with van der Waals surface area (Å²) in [5.41, 5.74) is 1.43. The number of carbonyl (C=O) groups is 1. The number of aromatic nitrogens is 6. The molecule has 1 N–H and O–H groups in total. The zero-order valence-corrected chi connectivity index (χ0v) is 20.5. The Morgan fingerprint density at radius 1 is 1.05 bits per heavy atom. The number of tetrazole rings is 1. The first kappa shape index (κ1) is 23.5. The lowest BCUT2D eigenvalue weighted by Gasteiger charge is -2.28. The number of pyridine rings is 1. The number of halogens is 2. The van der Waals surface area contributed by atoms with Crippen LogP contribution in [-0.4, -0.2) is 48.3 Å². The van der Waals surface area contributed by atoms with E-state index in [1.165, 1.54) is 10.9 Å². The van der Waals surface area contributed by atoms with E-state index in [2.05, 4.69) is 20.7 Å². The molecule has 0 bridgehead atoms. The summed E-state index contributed by atoms with van der Waals surface area (Å²) in [6, 6.07) is 8.71. The summed E-state index contributed by atoms with van der Waals surface area (Å²) in [4.78, 5) is 17.1. The van der Waals surface area contributed by atoms with Crippen LogP contribution in [0.2, 0.25) is 0 Å². The first-order chi connectivity index (χ1) is 18.0. The molecule has 192 valence electrons. The van der Waals surface area contributed by atoms with Gasteiger partial charge in [-0.05, 0) is 74.1 Å². The number of nitrogens with one attached hydrogen (secondary N) is 1. The highest BCUT2D eigenvalue weighted by atomic mass is 19.1. The van der Waals surface area contributed by atoms with Crippen LogP contribution in [0.25, 0.3) is 5.52 Å². The van der Waals surface area contributed by atoms with Crippen LogP contribution in [0.3, 0.4) is 0 Å².